The SMILES string of the molecule is CCC(C)CC1CC2CCC(C)C2(C)O1. The Bertz CT molecular complexity index is 225. The van der Waals surface area contributed by atoms with Crippen LogP contribution in [0.3, 0.4) is 0 Å². The van der Waals surface area contributed by atoms with Gasteiger partial charge >= 0.3 is 0 Å². The number of hydrogen-bond donors (Lipinski definition) is 0. The Labute approximate surface area is 94.6 Å². The lowest BCUT2D eigenvalue weighted by Crippen LogP contribution is -2.33. The first kappa shape index (κ1) is 11.4. The van der Waals surface area contributed by atoms with Gasteiger partial charge in [0, 0.05) is 0 Å². The highest BCUT2D eigenvalue weighted by Crippen LogP contribution is 2.51. The first-order chi connectivity index (χ1) is 7.06. The van der Waals surface area contributed by atoms with Gasteiger partial charge in [0.15, 0.2) is 0 Å². The minimum atomic E-state index is 0.220. The average Bonchev–Trinajstić information content (AvgIpc) is 2.63. The van der Waals surface area contributed by atoms with Gasteiger partial charge in [0.05, 0.1) is 11.7 Å². The molecular formula is C14H26O. The van der Waals surface area contributed by atoms with Crippen LogP contribution in [-0.2, 0) is 4.74 Å². The van der Waals surface area contributed by atoms with Crippen LogP contribution in [0.1, 0.15) is 59.8 Å². The molecule has 1 aliphatic heterocycles. The third-order valence-corrected chi connectivity index (χ3v) is 5.07. The quantitative estimate of drug-likeness (QED) is 0.683. The Morgan fingerprint density at radius 1 is 1.40 bits per heavy atom. The Balaban J connectivity index is 1.94. The summed E-state index contributed by atoms with van der Waals surface area (Å²) in [7, 11) is 0. The molecule has 2 aliphatic rings. The Morgan fingerprint density at radius 3 is 2.73 bits per heavy atom. The van der Waals surface area contributed by atoms with Crippen LogP contribution >= 0.6 is 0 Å². The third-order valence-electron chi connectivity index (χ3n) is 5.07. The van der Waals surface area contributed by atoms with E-state index in [1.807, 2.05) is 0 Å². The van der Waals surface area contributed by atoms with Gasteiger partial charge in [0.2, 0.25) is 0 Å². The zero-order valence-corrected chi connectivity index (χ0v) is 10.8. The summed E-state index contributed by atoms with van der Waals surface area (Å²) in [5, 5.41) is 0. The van der Waals surface area contributed by atoms with Crippen molar-refractivity contribution in [3.63, 3.8) is 0 Å². The van der Waals surface area contributed by atoms with E-state index in [4.69, 9.17) is 4.74 Å². The highest BCUT2D eigenvalue weighted by atomic mass is 16.5. The van der Waals surface area contributed by atoms with Crippen molar-refractivity contribution in [2.75, 3.05) is 0 Å². The molecule has 0 spiro atoms. The second-order valence-corrected chi connectivity index (χ2v) is 6.08. The highest BCUT2D eigenvalue weighted by Gasteiger charge is 2.51. The van der Waals surface area contributed by atoms with E-state index in [0.29, 0.717) is 6.10 Å². The molecule has 5 unspecified atom stereocenters. The van der Waals surface area contributed by atoms with Gasteiger partial charge < -0.3 is 4.74 Å². The van der Waals surface area contributed by atoms with E-state index in [1.54, 1.807) is 0 Å². The summed E-state index contributed by atoms with van der Waals surface area (Å²) in [6.07, 6.45) is 7.21. The number of rotatable bonds is 3. The Hall–Kier alpha value is -0.0400. The third kappa shape index (κ3) is 1.95. The van der Waals surface area contributed by atoms with Gasteiger partial charge in [-0.25, -0.2) is 0 Å². The van der Waals surface area contributed by atoms with Crippen LogP contribution in [0.5, 0.6) is 0 Å². The fourth-order valence-electron chi connectivity index (χ4n) is 3.48. The first-order valence-electron chi connectivity index (χ1n) is 6.74. The molecule has 0 bridgehead atoms. The maximum Gasteiger partial charge on any atom is 0.0712 e. The van der Waals surface area contributed by atoms with Gasteiger partial charge in [-0.3, -0.25) is 0 Å². The molecule has 1 saturated heterocycles. The summed E-state index contributed by atoms with van der Waals surface area (Å²) < 4.78 is 6.36. The molecule has 2 rings (SSSR count). The fraction of sp³-hybridized carbons (Fsp3) is 1.00. The molecule has 0 aromatic carbocycles. The summed E-state index contributed by atoms with van der Waals surface area (Å²) >= 11 is 0. The predicted octanol–water partition coefficient (Wildman–Crippen LogP) is 4.02. The number of fused-ring (bicyclic) bond motifs is 1. The second-order valence-electron chi connectivity index (χ2n) is 6.08. The van der Waals surface area contributed by atoms with Gasteiger partial charge in [-0.05, 0) is 50.4 Å². The van der Waals surface area contributed by atoms with E-state index < -0.39 is 0 Å². The zero-order valence-electron chi connectivity index (χ0n) is 10.8. The Kier molecular flexibility index (Phi) is 3.12. The maximum absolute atomic E-state index is 6.36. The van der Waals surface area contributed by atoms with Crippen LogP contribution in [0.15, 0.2) is 0 Å². The van der Waals surface area contributed by atoms with Gasteiger partial charge in [0.25, 0.3) is 0 Å². The minimum absolute atomic E-state index is 0.220. The number of hydrogen-bond acceptors (Lipinski definition) is 1. The molecule has 1 saturated carbocycles. The summed E-state index contributed by atoms with van der Waals surface area (Å²) in [4.78, 5) is 0. The van der Waals surface area contributed by atoms with Crippen molar-refractivity contribution in [1.82, 2.24) is 0 Å². The van der Waals surface area contributed by atoms with Crippen LogP contribution < -0.4 is 0 Å². The van der Waals surface area contributed by atoms with E-state index in [2.05, 4.69) is 27.7 Å². The minimum Gasteiger partial charge on any atom is -0.371 e. The van der Waals surface area contributed by atoms with Gasteiger partial charge in [-0.15, -0.1) is 0 Å². The fourth-order valence-corrected chi connectivity index (χ4v) is 3.48. The van der Waals surface area contributed by atoms with Crippen LogP contribution in [0.2, 0.25) is 0 Å². The summed E-state index contributed by atoms with van der Waals surface area (Å²) in [5.74, 6) is 2.44. The Morgan fingerprint density at radius 2 is 2.13 bits per heavy atom. The van der Waals surface area contributed by atoms with Crippen molar-refractivity contribution in [3.05, 3.63) is 0 Å². The maximum atomic E-state index is 6.36. The topological polar surface area (TPSA) is 9.23 Å². The summed E-state index contributed by atoms with van der Waals surface area (Å²) in [6, 6.07) is 0. The van der Waals surface area contributed by atoms with Gasteiger partial charge in [-0.1, -0.05) is 27.2 Å². The predicted molar refractivity (Wildman–Crippen MR) is 63.9 cm³/mol. The molecule has 0 aromatic heterocycles. The first-order valence-corrected chi connectivity index (χ1v) is 6.74. The molecule has 1 heteroatoms. The molecule has 15 heavy (non-hydrogen) atoms. The van der Waals surface area contributed by atoms with Crippen molar-refractivity contribution in [3.8, 4) is 0 Å². The molecule has 1 heterocycles. The average molecular weight is 210 g/mol. The molecule has 5 atom stereocenters. The van der Waals surface area contributed by atoms with Crippen molar-refractivity contribution < 1.29 is 4.74 Å². The smallest absolute Gasteiger partial charge is 0.0712 e. The lowest BCUT2D eigenvalue weighted by atomic mass is 9.86. The van der Waals surface area contributed by atoms with E-state index in [0.717, 1.165) is 17.8 Å². The lowest BCUT2D eigenvalue weighted by Gasteiger charge is -2.29. The largest absolute Gasteiger partial charge is 0.371 e. The monoisotopic (exact) mass is 210 g/mol. The zero-order chi connectivity index (χ0) is 11.1. The van der Waals surface area contributed by atoms with E-state index >= 15 is 0 Å². The molecule has 1 aliphatic carbocycles. The lowest BCUT2D eigenvalue weighted by molar-refractivity contribution is -0.0678. The van der Waals surface area contributed by atoms with Gasteiger partial charge in [-0.2, -0.15) is 0 Å². The normalized spacial score (nSPS) is 46.8. The number of ether oxygens (including phenoxy) is 1. The van der Waals surface area contributed by atoms with Crippen molar-refractivity contribution in [1.29, 1.82) is 0 Å². The molecule has 0 N–H and O–H groups in total. The van der Waals surface area contributed by atoms with Crippen LogP contribution in [0.4, 0.5) is 0 Å². The summed E-state index contributed by atoms with van der Waals surface area (Å²) in [5.41, 5.74) is 0.220. The molecule has 88 valence electrons. The summed E-state index contributed by atoms with van der Waals surface area (Å²) in [6.45, 7) is 9.35. The van der Waals surface area contributed by atoms with Crippen molar-refractivity contribution in [2.45, 2.75) is 71.5 Å². The van der Waals surface area contributed by atoms with Crippen LogP contribution in [-0.4, -0.2) is 11.7 Å². The molecule has 0 aromatic rings. The van der Waals surface area contributed by atoms with Crippen molar-refractivity contribution >= 4 is 0 Å². The van der Waals surface area contributed by atoms with Crippen LogP contribution in [0.25, 0.3) is 0 Å². The molecule has 2 fully saturated rings. The van der Waals surface area contributed by atoms with E-state index in [-0.39, 0.29) is 5.60 Å². The molecular weight excluding hydrogens is 184 g/mol. The highest BCUT2D eigenvalue weighted by molar-refractivity contribution is 5.01. The van der Waals surface area contributed by atoms with E-state index in [1.165, 1.54) is 32.1 Å². The van der Waals surface area contributed by atoms with Crippen molar-refractivity contribution in [2.24, 2.45) is 17.8 Å². The van der Waals surface area contributed by atoms with E-state index in [9.17, 15) is 0 Å². The van der Waals surface area contributed by atoms with Gasteiger partial charge in [0.1, 0.15) is 0 Å². The molecule has 1 nitrogen and oxygen atoms in total. The standard InChI is InChI=1S/C14H26O/c1-5-10(2)8-13-9-12-7-6-11(3)14(12,4)15-13/h10-13H,5-9H2,1-4H3. The molecule has 0 radical (unpaired) electrons. The molecule has 0 amide bonds. The van der Waals surface area contributed by atoms with Crippen LogP contribution in [0, 0.1) is 17.8 Å². The second kappa shape index (κ2) is 4.08.